The molecule has 3 heterocycles. The molecule has 15 heteroatoms. The molecule has 2 fully saturated rings. The molecule has 1 unspecified atom stereocenters. The van der Waals surface area contributed by atoms with Crippen LogP contribution in [0.3, 0.4) is 0 Å². The van der Waals surface area contributed by atoms with Gasteiger partial charge in [0.05, 0.1) is 13.7 Å². The van der Waals surface area contributed by atoms with Crippen molar-refractivity contribution < 1.29 is 27.9 Å². The van der Waals surface area contributed by atoms with Gasteiger partial charge >= 0.3 is 19.4 Å². The maximum absolute atomic E-state index is 13.0. The van der Waals surface area contributed by atoms with Crippen molar-refractivity contribution in [3.63, 3.8) is 0 Å². The lowest BCUT2D eigenvalue weighted by atomic mass is 9.93. The molecule has 0 saturated carbocycles. The minimum atomic E-state index is -3.99. The summed E-state index contributed by atoms with van der Waals surface area (Å²) in [5.41, 5.74) is 12.4. The molecule has 0 radical (unpaired) electrons. The zero-order chi connectivity index (χ0) is 21.4. The van der Waals surface area contributed by atoms with E-state index in [1.807, 2.05) is 0 Å². The average molecular weight is 429 g/mol. The van der Waals surface area contributed by atoms with Gasteiger partial charge in [-0.25, -0.2) is 14.4 Å². The van der Waals surface area contributed by atoms with Gasteiger partial charge < -0.3 is 15.2 Å². The Hall–Kier alpha value is -2.47. The van der Waals surface area contributed by atoms with Crippen molar-refractivity contribution in [2.75, 3.05) is 19.5 Å². The topological polar surface area (TPSA) is 193 Å². The molecular weight excluding hydrogens is 409 g/mol. The molecule has 2 saturated heterocycles. The Balaban J connectivity index is 1.94. The quantitative estimate of drug-likeness (QED) is 0.218. The van der Waals surface area contributed by atoms with Gasteiger partial charge in [-0.3, -0.25) is 18.4 Å². The lowest BCUT2D eigenvalue weighted by molar-refractivity contribution is -0.142. The Bertz CT molecular complexity index is 964. The third-order valence-electron chi connectivity index (χ3n) is 4.65. The zero-order valence-electron chi connectivity index (χ0n) is 15.8. The number of carbonyl (C=O) groups excluding carboxylic acids is 1. The molecule has 0 aliphatic carbocycles. The van der Waals surface area contributed by atoms with Gasteiger partial charge in [0.1, 0.15) is 29.6 Å². The molecule has 0 aromatic carbocycles. The molecule has 29 heavy (non-hydrogen) atoms. The molecule has 1 aromatic heterocycles. The fourth-order valence-corrected chi connectivity index (χ4v) is 5.00. The number of methoxy groups -OCH3 is 1. The van der Waals surface area contributed by atoms with Crippen LogP contribution in [0.1, 0.15) is 20.1 Å². The number of aromatic nitrogens is 2. The van der Waals surface area contributed by atoms with Gasteiger partial charge in [-0.2, -0.15) is 4.98 Å². The Morgan fingerprint density at radius 2 is 2.38 bits per heavy atom. The van der Waals surface area contributed by atoms with Crippen molar-refractivity contribution in [3.8, 4) is 0 Å². The molecule has 3 rings (SSSR count). The summed E-state index contributed by atoms with van der Waals surface area (Å²) < 4.78 is 35.4. The number of azide groups is 1. The second-order valence-electron chi connectivity index (χ2n) is 6.68. The number of hydrogen-bond acceptors (Lipinski definition) is 10. The van der Waals surface area contributed by atoms with E-state index in [1.54, 1.807) is 0 Å². The highest BCUT2D eigenvalue weighted by Crippen LogP contribution is 2.56. The maximum atomic E-state index is 13.0. The number of nitrogens with zero attached hydrogens (tertiary/aromatic N) is 5. The smallest absolute Gasteiger partial charge is 0.406 e. The van der Waals surface area contributed by atoms with E-state index >= 15 is 0 Å². The predicted molar refractivity (Wildman–Crippen MR) is 97.4 cm³/mol. The van der Waals surface area contributed by atoms with Crippen LogP contribution in [0.15, 0.2) is 22.2 Å². The Kier molecular flexibility index (Phi) is 5.68. The molecule has 6 atom stereocenters. The van der Waals surface area contributed by atoms with Crippen molar-refractivity contribution in [1.29, 1.82) is 0 Å². The number of esters is 1. The van der Waals surface area contributed by atoms with Gasteiger partial charge in [-0.1, -0.05) is 5.11 Å². The molecule has 1 aromatic rings. The first-order valence-corrected chi connectivity index (χ1v) is 10.0. The molecule has 2 aliphatic heterocycles. The van der Waals surface area contributed by atoms with E-state index in [9.17, 15) is 14.2 Å². The first-order chi connectivity index (χ1) is 13.6. The summed E-state index contributed by atoms with van der Waals surface area (Å²) >= 11 is 0. The van der Waals surface area contributed by atoms with E-state index in [0.29, 0.717) is 0 Å². The van der Waals surface area contributed by atoms with Crippen molar-refractivity contribution in [3.05, 3.63) is 33.2 Å². The van der Waals surface area contributed by atoms with Crippen LogP contribution < -0.4 is 16.5 Å². The fraction of sp³-hybridized carbons (Fsp3) is 0.643. The van der Waals surface area contributed by atoms with Crippen molar-refractivity contribution in [2.45, 2.75) is 43.9 Å². The van der Waals surface area contributed by atoms with Crippen LogP contribution >= 0.6 is 7.75 Å². The summed E-state index contributed by atoms with van der Waals surface area (Å²) in [6, 6.07) is 0.389. The van der Waals surface area contributed by atoms with E-state index in [0.717, 1.165) is 4.57 Å². The number of nitrogens with two attached hydrogens (primary N) is 1. The Labute approximate surface area is 164 Å². The standard InChI is InChI=1S/C14H20N7O7P/c1-7(11(22)25-3)18-29(24)26-6-8-10(28-29)14(2,19-20-16)12(27-8)21-5-4-9(15)17-13(21)23/h4-5,7-8,10,12H,6H2,1-3H3,(H,18,24)(H2,15,17,23)/t7-,8+,10+,12+,14+,29?/m0/s1. The van der Waals surface area contributed by atoms with Crippen LogP contribution in [0.25, 0.3) is 10.4 Å². The average Bonchev–Trinajstić information content (AvgIpc) is 2.93. The van der Waals surface area contributed by atoms with Gasteiger partial charge in [0, 0.05) is 11.1 Å². The van der Waals surface area contributed by atoms with Crippen molar-refractivity contribution in [2.24, 2.45) is 5.11 Å². The van der Waals surface area contributed by atoms with Crippen LogP contribution in [-0.2, 0) is 27.9 Å². The van der Waals surface area contributed by atoms with Crippen LogP contribution in [0.4, 0.5) is 5.82 Å². The number of ether oxygens (including phenoxy) is 2. The highest BCUT2D eigenvalue weighted by Gasteiger charge is 2.60. The maximum Gasteiger partial charge on any atom is 0.406 e. The second-order valence-corrected chi connectivity index (χ2v) is 8.40. The summed E-state index contributed by atoms with van der Waals surface area (Å²) in [5.74, 6) is -0.662. The molecule has 3 N–H and O–H groups in total. The van der Waals surface area contributed by atoms with Gasteiger partial charge in [0.25, 0.3) is 0 Å². The van der Waals surface area contributed by atoms with Crippen LogP contribution in [0.5, 0.6) is 0 Å². The van der Waals surface area contributed by atoms with Gasteiger partial charge in [-0.15, -0.1) is 0 Å². The highest BCUT2D eigenvalue weighted by molar-refractivity contribution is 7.51. The van der Waals surface area contributed by atoms with E-state index in [4.69, 9.17) is 25.0 Å². The number of hydrogen-bond donors (Lipinski definition) is 2. The van der Waals surface area contributed by atoms with E-state index in [1.165, 1.54) is 33.2 Å². The monoisotopic (exact) mass is 429 g/mol. The molecule has 14 nitrogen and oxygen atoms in total. The Morgan fingerprint density at radius 1 is 1.66 bits per heavy atom. The lowest BCUT2D eigenvalue weighted by Gasteiger charge is -2.36. The van der Waals surface area contributed by atoms with Gasteiger partial charge in [0.2, 0.25) is 0 Å². The molecule has 158 valence electrons. The third kappa shape index (κ3) is 3.86. The normalized spacial score (nSPS) is 34.7. The number of nitrogens with one attached hydrogen (secondary N) is 1. The zero-order valence-corrected chi connectivity index (χ0v) is 16.7. The fourth-order valence-electron chi connectivity index (χ4n) is 3.23. The molecular formula is C14H20N7O7P. The third-order valence-corrected chi connectivity index (χ3v) is 6.35. The second kappa shape index (κ2) is 7.75. The minimum Gasteiger partial charge on any atom is -0.468 e. The van der Waals surface area contributed by atoms with Crippen LogP contribution in [-0.4, -0.2) is 53.0 Å². The Morgan fingerprint density at radius 3 is 3.00 bits per heavy atom. The summed E-state index contributed by atoms with van der Waals surface area (Å²) in [6.07, 6.45) is -1.64. The highest BCUT2D eigenvalue weighted by atomic mass is 31.2. The largest absolute Gasteiger partial charge is 0.468 e. The van der Waals surface area contributed by atoms with Crippen molar-refractivity contribution in [1.82, 2.24) is 14.6 Å². The summed E-state index contributed by atoms with van der Waals surface area (Å²) in [6.45, 7) is 2.71. The summed E-state index contributed by atoms with van der Waals surface area (Å²) in [4.78, 5) is 30.4. The molecule has 0 bridgehead atoms. The SMILES string of the molecule is COC(=O)[C@H](C)NP1(=O)OC[C@H]2O[C@@H](n3ccc(N)nc3=O)[C@](C)(N=[N+]=[N-])[C@@H]2O1. The number of carbonyl (C=O) groups is 1. The van der Waals surface area contributed by atoms with E-state index in [2.05, 4.69) is 24.8 Å². The molecule has 0 amide bonds. The first-order valence-electron chi connectivity index (χ1n) is 8.48. The molecule has 2 aliphatic rings. The number of nitrogen functional groups attached to an aromatic ring is 1. The van der Waals surface area contributed by atoms with E-state index < -0.39 is 49.4 Å². The van der Waals surface area contributed by atoms with Crippen LogP contribution in [0, 0.1) is 0 Å². The van der Waals surface area contributed by atoms with Gasteiger partial charge in [0.15, 0.2) is 6.23 Å². The summed E-state index contributed by atoms with van der Waals surface area (Å²) in [7, 11) is -2.80. The van der Waals surface area contributed by atoms with Gasteiger partial charge in [-0.05, 0) is 25.4 Å². The minimum absolute atomic E-state index is 0.0113. The van der Waals surface area contributed by atoms with Crippen LogP contribution in [0.2, 0.25) is 0 Å². The predicted octanol–water partition coefficient (Wildman–Crippen LogP) is 0.466. The lowest BCUT2D eigenvalue weighted by Crippen LogP contribution is -2.49. The number of rotatable bonds is 5. The van der Waals surface area contributed by atoms with Crippen molar-refractivity contribution >= 4 is 19.5 Å². The number of fused-ring (bicyclic) bond motifs is 1. The number of anilines is 1. The first kappa shape index (κ1) is 21.2. The summed E-state index contributed by atoms with van der Waals surface area (Å²) in [5, 5.41) is 6.23. The van der Waals surface area contributed by atoms with E-state index in [-0.39, 0.29) is 12.4 Å². The molecule has 0 spiro atoms.